The van der Waals surface area contributed by atoms with Crippen LogP contribution >= 0.6 is 0 Å². The van der Waals surface area contributed by atoms with Gasteiger partial charge in [0.2, 0.25) is 0 Å². The van der Waals surface area contributed by atoms with Crippen LogP contribution in [0.4, 0.5) is 0 Å². The van der Waals surface area contributed by atoms with E-state index >= 15 is 0 Å². The zero-order valence-electron chi connectivity index (χ0n) is 15.8. The Morgan fingerprint density at radius 1 is 1.00 bits per heavy atom. The van der Waals surface area contributed by atoms with Crippen molar-refractivity contribution in [1.29, 1.82) is 0 Å². The van der Waals surface area contributed by atoms with Gasteiger partial charge < -0.3 is 9.84 Å². The van der Waals surface area contributed by atoms with Gasteiger partial charge in [0.25, 0.3) is 0 Å². The number of aliphatic hydroxyl groups excluding tert-OH is 1. The molecule has 0 spiro atoms. The average Bonchev–Trinajstić information content (AvgIpc) is 2.58. The molecular weight excluding hydrogens is 284 g/mol. The topological polar surface area (TPSA) is 29.5 Å². The molecule has 0 aliphatic carbocycles. The van der Waals surface area contributed by atoms with Crippen LogP contribution in [0.25, 0.3) is 0 Å². The lowest BCUT2D eigenvalue weighted by Gasteiger charge is -2.30. The lowest BCUT2D eigenvalue weighted by Crippen LogP contribution is -2.29. The molecule has 0 amide bonds. The van der Waals surface area contributed by atoms with Crippen LogP contribution in [0.1, 0.15) is 72.3 Å². The van der Waals surface area contributed by atoms with Gasteiger partial charge in [-0.3, -0.25) is 0 Å². The molecule has 0 fully saturated rings. The van der Waals surface area contributed by atoms with E-state index in [0.29, 0.717) is 5.92 Å². The third-order valence-corrected chi connectivity index (χ3v) is 5.37. The Balaban J connectivity index is 2.33. The van der Waals surface area contributed by atoms with Crippen molar-refractivity contribution in [3.63, 3.8) is 0 Å². The normalized spacial score (nSPS) is 14.5. The van der Waals surface area contributed by atoms with Crippen molar-refractivity contribution in [1.82, 2.24) is 0 Å². The Labute approximate surface area is 143 Å². The van der Waals surface area contributed by atoms with E-state index in [1.54, 1.807) is 0 Å². The van der Waals surface area contributed by atoms with Gasteiger partial charge in [0.1, 0.15) is 5.75 Å². The molecule has 0 saturated heterocycles. The molecule has 2 unspecified atom stereocenters. The molecule has 1 N–H and O–H groups in total. The average molecular weight is 321 g/mol. The molecule has 2 heteroatoms. The molecule has 132 valence electrons. The SMILES string of the molecule is CCc1ccc(OCCC(CC)CCC(O)C(C)(C)CC)cc1. The molecule has 0 heterocycles. The highest BCUT2D eigenvalue weighted by Crippen LogP contribution is 2.29. The van der Waals surface area contributed by atoms with Gasteiger partial charge in [-0.05, 0) is 61.1 Å². The largest absolute Gasteiger partial charge is 0.494 e. The fourth-order valence-electron chi connectivity index (χ4n) is 2.74. The second-order valence-electron chi connectivity index (χ2n) is 7.34. The molecule has 0 saturated carbocycles. The van der Waals surface area contributed by atoms with E-state index < -0.39 is 0 Å². The highest BCUT2D eigenvalue weighted by molar-refractivity contribution is 5.27. The molecular formula is C21H36O2. The maximum atomic E-state index is 10.3. The van der Waals surface area contributed by atoms with Crippen LogP contribution in [0.3, 0.4) is 0 Å². The Morgan fingerprint density at radius 2 is 1.65 bits per heavy atom. The predicted molar refractivity (Wildman–Crippen MR) is 99.0 cm³/mol. The van der Waals surface area contributed by atoms with E-state index in [0.717, 1.165) is 50.9 Å². The number of aryl methyl sites for hydroxylation is 1. The lowest BCUT2D eigenvalue weighted by molar-refractivity contribution is 0.0343. The van der Waals surface area contributed by atoms with Gasteiger partial charge in [-0.25, -0.2) is 0 Å². The van der Waals surface area contributed by atoms with E-state index in [1.165, 1.54) is 5.56 Å². The van der Waals surface area contributed by atoms with Gasteiger partial charge in [0, 0.05) is 0 Å². The minimum absolute atomic E-state index is 0.0236. The molecule has 23 heavy (non-hydrogen) atoms. The molecule has 0 bridgehead atoms. The fourth-order valence-corrected chi connectivity index (χ4v) is 2.74. The summed E-state index contributed by atoms with van der Waals surface area (Å²) in [5.74, 6) is 1.59. The van der Waals surface area contributed by atoms with Crippen molar-refractivity contribution in [3.8, 4) is 5.75 Å². The fraction of sp³-hybridized carbons (Fsp3) is 0.714. The molecule has 1 aromatic rings. The summed E-state index contributed by atoms with van der Waals surface area (Å²) in [6.07, 6.45) is 6.06. The zero-order chi connectivity index (χ0) is 17.3. The number of benzene rings is 1. The minimum atomic E-state index is -0.205. The quantitative estimate of drug-likeness (QED) is 0.573. The number of ether oxygens (including phenoxy) is 1. The number of hydrogen-bond acceptors (Lipinski definition) is 2. The van der Waals surface area contributed by atoms with Crippen molar-refractivity contribution in [2.24, 2.45) is 11.3 Å². The first-order valence-corrected chi connectivity index (χ1v) is 9.32. The highest BCUT2D eigenvalue weighted by Gasteiger charge is 2.25. The summed E-state index contributed by atoms with van der Waals surface area (Å²) in [6, 6.07) is 8.40. The molecule has 0 aromatic heterocycles. The standard InChI is InChI=1S/C21H36O2/c1-6-17-9-12-19(13-10-17)23-16-15-18(7-2)11-14-20(22)21(4,5)8-3/h9-10,12-13,18,20,22H,6-8,11,14-16H2,1-5H3. The molecule has 1 rings (SSSR count). The Morgan fingerprint density at radius 3 is 2.17 bits per heavy atom. The molecule has 1 aromatic carbocycles. The first kappa shape index (κ1) is 20.0. The van der Waals surface area contributed by atoms with E-state index in [-0.39, 0.29) is 11.5 Å². The summed E-state index contributed by atoms with van der Waals surface area (Å²) in [5.41, 5.74) is 1.37. The van der Waals surface area contributed by atoms with Crippen molar-refractivity contribution in [2.45, 2.75) is 79.2 Å². The summed E-state index contributed by atoms with van der Waals surface area (Å²) in [4.78, 5) is 0. The minimum Gasteiger partial charge on any atom is -0.494 e. The zero-order valence-corrected chi connectivity index (χ0v) is 15.8. The van der Waals surface area contributed by atoms with Crippen LogP contribution in [0.5, 0.6) is 5.75 Å². The van der Waals surface area contributed by atoms with E-state index in [2.05, 4.69) is 58.9 Å². The van der Waals surface area contributed by atoms with Crippen LogP contribution in [-0.4, -0.2) is 17.8 Å². The monoisotopic (exact) mass is 320 g/mol. The lowest BCUT2D eigenvalue weighted by atomic mass is 9.80. The van der Waals surface area contributed by atoms with Crippen molar-refractivity contribution in [3.05, 3.63) is 29.8 Å². The Kier molecular flexibility index (Phi) is 8.68. The highest BCUT2D eigenvalue weighted by atomic mass is 16.5. The van der Waals surface area contributed by atoms with Gasteiger partial charge in [0.05, 0.1) is 12.7 Å². The Bertz CT molecular complexity index is 422. The van der Waals surface area contributed by atoms with Crippen molar-refractivity contribution < 1.29 is 9.84 Å². The van der Waals surface area contributed by atoms with Crippen molar-refractivity contribution >= 4 is 0 Å². The first-order chi connectivity index (χ1) is 10.9. The predicted octanol–water partition coefficient (Wildman–Crippen LogP) is 5.62. The summed E-state index contributed by atoms with van der Waals surface area (Å²) >= 11 is 0. The van der Waals surface area contributed by atoms with Gasteiger partial charge >= 0.3 is 0 Å². The molecule has 2 atom stereocenters. The second kappa shape index (κ2) is 9.97. The van der Waals surface area contributed by atoms with Gasteiger partial charge in [0.15, 0.2) is 0 Å². The number of hydrogen-bond donors (Lipinski definition) is 1. The molecule has 0 aliphatic rings. The molecule has 0 radical (unpaired) electrons. The summed E-state index contributed by atoms with van der Waals surface area (Å²) < 4.78 is 5.87. The van der Waals surface area contributed by atoms with Crippen LogP contribution in [-0.2, 0) is 6.42 Å². The maximum Gasteiger partial charge on any atom is 0.119 e. The van der Waals surface area contributed by atoms with Crippen molar-refractivity contribution in [2.75, 3.05) is 6.61 Å². The maximum absolute atomic E-state index is 10.3. The second-order valence-corrected chi connectivity index (χ2v) is 7.34. The first-order valence-electron chi connectivity index (χ1n) is 9.32. The Hall–Kier alpha value is -1.02. The summed E-state index contributed by atoms with van der Waals surface area (Å²) in [6.45, 7) is 11.6. The van der Waals surface area contributed by atoms with Gasteiger partial charge in [-0.15, -0.1) is 0 Å². The van der Waals surface area contributed by atoms with E-state index in [4.69, 9.17) is 4.74 Å². The van der Waals surface area contributed by atoms with E-state index in [9.17, 15) is 5.11 Å². The number of rotatable bonds is 11. The summed E-state index contributed by atoms with van der Waals surface area (Å²) in [7, 11) is 0. The third-order valence-electron chi connectivity index (χ3n) is 5.37. The van der Waals surface area contributed by atoms with Crippen LogP contribution < -0.4 is 4.74 Å². The smallest absolute Gasteiger partial charge is 0.119 e. The molecule has 2 nitrogen and oxygen atoms in total. The number of aliphatic hydroxyl groups is 1. The third kappa shape index (κ3) is 6.95. The molecule has 0 aliphatic heterocycles. The van der Waals surface area contributed by atoms with Gasteiger partial charge in [-0.1, -0.05) is 53.2 Å². The van der Waals surface area contributed by atoms with E-state index in [1.807, 2.05) is 0 Å². The van der Waals surface area contributed by atoms with Gasteiger partial charge in [-0.2, -0.15) is 0 Å². The van der Waals surface area contributed by atoms with Crippen LogP contribution in [0.15, 0.2) is 24.3 Å². The van der Waals surface area contributed by atoms with Crippen LogP contribution in [0.2, 0.25) is 0 Å². The summed E-state index contributed by atoms with van der Waals surface area (Å²) in [5, 5.41) is 10.3. The van der Waals surface area contributed by atoms with Crippen LogP contribution in [0, 0.1) is 11.3 Å².